The Labute approximate surface area is 163 Å². The van der Waals surface area contributed by atoms with Crippen molar-refractivity contribution in [2.24, 2.45) is 0 Å². The monoisotopic (exact) mass is 384 g/mol. The Morgan fingerprint density at radius 1 is 1.00 bits per heavy atom. The highest BCUT2D eigenvalue weighted by Crippen LogP contribution is 2.24. The molecule has 1 aliphatic rings. The minimum atomic E-state index is 0.503. The van der Waals surface area contributed by atoms with E-state index in [1.807, 2.05) is 11.8 Å². The lowest BCUT2D eigenvalue weighted by molar-refractivity contribution is 0.0728. The maximum absolute atomic E-state index is 5.76. The van der Waals surface area contributed by atoms with E-state index in [9.17, 15) is 0 Å². The maximum atomic E-state index is 5.76. The molecule has 25 heavy (non-hydrogen) atoms. The van der Waals surface area contributed by atoms with Gasteiger partial charge in [-0.05, 0) is 49.3 Å². The van der Waals surface area contributed by atoms with Crippen LogP contribution in [0.3, 0.4) is 0 Å². The molecule has 1 atom stereocenters. The average molecular weight is 385 g/mol. The number of ether oxygens (including phenoxy) is 2. The van der Waals surface area contributed by atoms with Crippen molar-refractivity contribution < 1.29 is 9.47 Å². The fourth-order valence-electron chi connectivity index (χ4n) is 3.17. The molecule has 1 aliphatic heterocycles. The van der Waals surface area contributed by atoms with Crippen molar-refractivity contribution in [2.75, 3.05) is 19.0 Å². The molecular formula is C21H36O2S2. The zero-order valence-corrected chi connectivity index (χ0v) is 17.4. The zero-order valence-electron chi connectivity index (χ0n) is 15.8. The van der Waals surface area contributed by atoms with E-state index in [-0.39, 0.29) is 0 Å². The van der Waals surface area contributed by atoms with E-state index < -0.39 is 0 Å². The van der Waals surface area contributed by atoms with Gasteiger partial charge < -0.3 is 9.47 Å². The second-order valence-corrected chi connectivity index (χ2v) is 9.28. The van der Waals surface area contributed by atoms with Gasteiger partial charge in [0.1, 0.15) is 5.44 Å². The highest BCUT2D eigenvalue weighted by Gasteiger charge is 2.13. The first-order valence-electron chi connectivity index (χ1n) is 10.3. The SMILES string of the molecule is c1csc(COCCCCCCCCCCCSC2CCCCO2)c1. The Balaban J connectivity index is 1.24. The van der Waals surface area contributed by atoms with Gasteiger partial charge >= 0.3 is 0 Å². The predicted octanol–water partition coefficient (Wildman–Crippen LogP) is 7.04. The molecular weight excluding hydrogens is 348 g/mol. The quantitative estimate of drug-likeness (QED) is 0.302. The van der Waals surface area contributed by atoms with Gasteiger partial charge in [-0.25, -0.2) is 0 Å². The van der Waals surface area contributed by atoms with Crippen LogP contribution in [0.4, 0.5) is 0 Å². The molecule has 0 saturated carbocycles. The summed E-state index contributed by atoms with van der Waals surface area (Å²) in [5, 5.41) is 2.11. The van der Waals surface area contributed by atoms with Gasteiger partial charge in [0, 0.05) is 18.1 Å². The molecule has 0 spiro atoms. The van der Waals surface area contributed by atoms with Gasteiger partial charge in [-0.2, -0.15) is 0 Å². The Morgan fingerprint density at radius 2 is 1.76 bits per heavy atom. The van der Waals surface area contributed by atoms with Crippen LogP contribution in [0.1, 0.15) is 81.9 Å². The summed E-state index contributed by atoms with van der Waals surface area (Å²) in [5.41, 5.74) is 0.503. The molecule has 2 heterocycles. The van der Waals surface area contributed by atoms with E-state index in [0.717, 1.165) is 19.8 Å². The Hall–Kier alpha value is -0.0300. The molecule has 1 unspecified atom stereocenters. The average Bonchev–Trinajstić information content (AvgIpc) is 3.16. The van der Waals surface area contributed by atoms with Crippen molar-refractivity contribution in [3.8, 4) is 0 Å². The summed E-state index contributed by atoms with van der Waals surface area (Å²) in [6, 6.07) is 4.24. The van der Waals surface area contributed by atoms with Crippen LogP contribution in [-0.2, 0) is 16.1 Å². The van der Waals surface area contributed by atoms with Gasteiger partial charge in [0.2, 0.25) is 0 Å². The third kappa shape index (κ3) is 11.3. The second kappa shape index (κ2) is 15.1. The van der Waals surface area contributed by atoms with Crippen molar-refractivity contribution in [2.45, 2.75) is 89.1 Å². The molecule has 0 aromatic carbocycles. The van der Waals surface area contributed by atoms with Gasteiger partial charge in [-0.1, -0.05) is 51.0 Å². The van der Waals surface area contributed by atoms with Crippen LogP contribution in [0.15, 0.2) is 17.5 Å². The van der Waals surface area contributed by atoms with E-state index in [4.69, 9.17) is 9.47 Å². The molecule has 1 aromatic heterocycles. The van der Waals surface area contributed by atoms with E-state index in [1.165, 1.54) is 87.7 Å². The fourth-order valence-corrected chi connectivity index (χ4v) is 4.97. The van der Waals surface area contributed by atoms with Crippen molar-refractivity contribution in [3.63, 3.8) is 0 Å². The van der Waals surface area contributed by atoms with Crippen LogP contribution < -0.4 is 0 Å². The zero-order chi connectivity index (χ0) is 17.4. The van der Waals surface area contributed by atoms with Crippen LogP contribution in [0.2, 0.25) is 0 Å². The number of unbranched alkanes of at least 4 members (excludes halogenated alkanes) is 8. The Kier molecular flexibility index (Phi) is 12.8. The molecule has 0 bridgehead atoms. The lowest BCUT2D eigenvalue weighted by atomic mass is 10.1. The summed E-state index contributed by atoms with van der Waals surface area (Å²) in [6.07, 6.45) is 16.2. The third-order valence-electron chi connectivity index (χ3n) is 4.70. The molecule has 1 fully saturated rings. The number of hydrogen-bond donors (Lipinski definition) is 0. The largest absolute Gasteiger partial charge is 0.376 e. The van der Waals surface area contributed by atoms with Crippen molar-refractivity contribution in [3.05, 3.63) is 22.4 Å². The summed E-state index contributed by atoms with van der Waals surface area (Å²) >= 11 is 3.83. The van der Waals surface area contributed by atoms with E-state index in [2.05, 4.69) is 17.5 Å². The molecule has 1 saturated heterocycles. The molecule has 4 heteroatoms. The van der Waals surface area contributed by atoms with Gasteiger partial charge in [0.05, 0.1) is 6.61 Å². The highest BCUT2D eigenvalue weighted by atomic mass is 32.2. The normalized spacial score (nSPS) is 17.8. The van der Waals surface area contributed by atoms with Gasteiger partial charge in [-0.15, -0.1) is 23.1 Å². The minimum Gasteiger partial charge on any atom is -0.376 e. The first kappa shape index (κ1) is 21.3. The number of thiophene rings is 1. The number of rotatable bonds is 15. The summed E-state index contributed by atoms with van der Waals surface area (Å²) < 4.78 is 11.5. The summed E-state index contributed by atoms with van der Waals surface area (Å²) in [6.45, 7) is 2.70. The smallest absolute Gasteiger partial charge is 0.103 e. The van der Waals surface area contributed by atoms with E-state index in [0.29, 0.717) is 5.44 Å². The predicted molar refractivity (Wildman–Crippen MR) is 112 cm³/mol. The molecule has 2 rings (SSSR count). The number of thioether (sulfide) groups is 1. The van der Waals surface area contributed by atoms with Gasteiger partial charge in [-0.3, -0.25) is 0 Å². The molecule has 2 nitrogen and oxygen atoms in total. The third-order valence-corrected chi connectivity index (χ3v) is 6.82. The first-order valence-corrected chi connectivity index (χ1v) is 12.2. The molecule has 0 radical (unpaired) electrons. The van der Waals surface area contributed by atoms with Crippen molar-refractivity contribution in [1.29, 1.82) is 0 Å². The van der Waals surface area contributed by atoms with E-state index >= 15 is 0 Å². The molecule has 0 aliphatic carbocycles. The summed E-state index contributed by atoms with van der Waals surface area (Å²) in [7, 11) is 0. The van der Waals surface area contributed by atoms with Crippen LogP contribution in [0.5, 0.6) is 0 Å². The number of hydrogen-bond acceptors (Lipinski definition) is 4. The van der Waals surface area contributed by atoms with Gasteiger partial charge in [0.25, 0.3) is 0 Å². The lowest BCUT2D eigenvalue weighted by Gasteiger charge is -2.21. The summed E-state index contributed by atoms with van der Waals surface area (Å²) in [4.78, 5) is 1.34. The van der Waals surface area contributed by atoms with E-state index in [1.54, 1.807) is 11.3 Å². The fraction of sp³-hybridized carbons (Fsp3) is 0.810. The standard InChI is InChI=1S/C21H36O2S2/c1(2-4-6-9-15-22-19-20-13-12-18-24-20)3-5-7-11-17-25-21-14-8-10-16-23-21/h12-13,18,21H,1-11,14-17,19H2. The van der Waals surface area contributed by atoms with Crippen molar-refractivity contribution >= 4 is 23.1 Å². The van der Waals surface area contributed by atoms with Crippen LogP contribution in [-0.4, -0.2) is 24.4 Å². The van der Waals surface area contributed by atoms with Crippen LogP contribution >= 0.6 is 23.1 Å². The molecule has 1 aromatic rings. The lowest BCUT2D eigenvalue weighted by Crippen LogP contribution is -2.15. The molecule has 0 N–H and O–H groups in total. The van der Waals surface area contributed by atoms with Crippen LogP contribution in [0.25, 0.3) is 0 Å². The van der Waals surface area contributed by atoms with Crippen LogP contribution in [0, 0.1) is 0 Å². The van der Waals surface area contributed by atoms with Gasteiger partial charge in [0.15, 0.2) is 0 Å². The maximum Gasteiger partial charge on any atom is 0.103 e. The topological polar surface area (TPSA) is 18.5 Å². The van der Waals surface area contributed by atoms with Crippen molar-refractivity contribution in [1.82, 2.24) is 0 Å². The first-order chi connectivity index (χ1) is 12.4. The second-order valence-electron chi connectivity index (χ2n) is 6.98. The Bertz CT molecular complexity index is 389. The molecule has 144 valence electrons. The minimum absolute atomic E-state index is 0.503. The molecule has 0 amide bonds. The Morgan fingerprint density at radius 3 is 2.44 bits per heavy atom. The summed E-state index contributed by atoms with van der Waals surface area (Å²) in [5.74, 6) is 1.29. The highest BCUT2D eigenvalue weighted by molar-refractivity contribution is 7.99.